The SMILES string of the molecule is CCn1c(SCC(=O)Nc2sc(C)c(-c3ccccc3)c2C(=O)OC)nnc1C(C)Oc1ccc(F)cc1F. The number of thioether (sulfide) groups is 1. The fraction of sp³-hybridized carbons (Fsp3) is 0.259. The molecule has 0 aliphatic heterocycles. The third-order valence-corrected chi connectivity index (χ3v) is 7.73. The van der Waals surface area contributed by atoms with Gasteiger partial charge in [0, 0.05) is 23.1 Å². The van der Waals surface area contributed by atoms with E-state index < -0.39 is 23.7 Å². The molecule has 1 unspecified atom stereocenters. The van der Waals surface area contributed by atoms with E-state index in [1.54, 1.807) is 11.5 Å². The number of nitrogens with zero attached hydrogens (tertiary/aromatic N) is 3. The van der Waals surface area contributed by atoms with Crippen molar-refractivity contribution in [1.29, 1.82) is 0 Å². The first-order valence-corrected chi connectivity index (χ1v) is 13.8. The van der Waals surface area contributed by atoms with E-state index in [-0.39, 0.29) is 17.4 Å². The van der Waals surface area contributed by atoms with Crippen molar-refractivity contribution < 1.29 is 27.8 Å². The van der Waals surface area contributed by atoms with Crippen LogP contribution in [-0.2, 0) is 16.1 Å². The number of methoxy groups -OCH3 is 1. The average molecular weight is 573 g/mol. The molecular formula is C27H26F2N4O4S2. The highest BCUT2D eigenvalue weighted by Gasteiger charge is 2.26. The van der Waals surface area contributed by atoms with E-state index >= 15 is 0 Å². The molecule has 1 atom stereocenters. The van der Waals surface area contributed by atoms with Crippen molar-refractivity contribution in [3.8, 4) is 16.9 Å². The summed E-state index contributed by atoms with van der Waals surface area (Å²) in [6, 6.07) is 12.5. The first kappa shape index (κ1) is 28.2. The smallest absolute Gasteiger partial charge is 0.341 e. The number of carbonyl (C=O) groups excluding carboxylic acids is 2. The predicted molar refractivity (Wildman–Crippen MR) is 146 cm³/mol. The summed E-state index contributed by atoms with van der Waals surface area (Å²) in [6.45, 7) is 5.92. The van der Waals surface area contributed by atoms with Crippen LogP contribution in [0.2, 0.25) is 0 Å². The van der Waals surface area contributed by atoms with E-state index in [4.69, 9.17) is 9.47 Å². The van der Waals surface area contributed by atoms with Gasteiger partial charge in [-0.2, -0.15) is 0 Å². The van der Waals surface area contributed by atoms with Gasteiger partial charge in [0.05, 0.1) is 12.9 Å². The Hall–Kier alpha value is -3.77. The number of halogens is 2. The summed E-state index contributed by atoms with van der Waals surface area (Å²) in [4.78, 5) is 26.5. The molecule has 12 heteroatoms. The zero-order chi connectivity index (χ0) is 28.1. The van der Waals surface area contributed by atoms with Crippen molar-refractivity contribution in [2.24, 2.45) is 0 Å². The van der Waals surface area contributed by atoms with Gasteiger partial charge in [-0.05, 0) is 38.5 Å². The number of hydrogen-bond acceptors (Lipinski definition) is 8. The Morgan fingerprint density at radius 3 is 2.56 bits per heavy atom. The minimum absolute atomic E-state index is 0.00179. The predicted octanol–water partition coefficient (Wildman–Crippen LogP) is 6.27. The molecule has 4 aromatic rings. The van der Waals surface area contributed by atoms with Gasteiger partial charge < -0.3 is 19.4 Å². The lowest BCUT2D eigenvalue weighted by atomic mass is 10.0. The molecule has 39 heavy (non-hydrogen) atoms. The van der Waals surface area contributed by atoms with Crippen molar-refractivity contribution in [3.05, 3.63) is 76.4 Å². The maximum absolute atomic E-state index is 14.0. The number of thiophene rings is 1. The van der Waals surface area contributed by atoms with Gasteiger partial charge in [0.2, 0.25) is 5.91 Å². The van der Waals surface area contributed by atoms with E-state index in [0.29, 0.717) is 28.1 Å². The highest BCUT2D eigenvalue weighted by Crippen LogP contribution is 2.40. The lowest BCUT2D eigenvalue weighted by molar-refractivity contribution is -0.113. The van der Waals surface area contributed by atoms with Crippen LogP contribution in [0.25, 0.3) is 11.1 Å². The van der Waals surface area contributed by atoms with Gasteiger partial charge in [0.15, 0.2) is 28.7 Å². The van der Waals surface area contributed by atoms with E-state index in [0.717, 1.165) is 39.9 Å². The van der Waals surface area contributed by atoms with Crippen LogP contribution in [0, 0.1) is 18.6 Å². The molecule has 2 aromatic carbocycles. The van der Waals surface area contributed by atoms with Gasteiger partial charge in [-0.15, -0.1) is 21.5 Å². The quantitative estimate of drug-likeness (QED) is 0.177. The van der Waals surface area contributed by atoms with Crippen LogP contribution in [0.15, 0.2) is 53.7 Å². The second-order valence-electron chi connectivity index (χ2n) is 8.35. The standard InChI is InChI=1S/C27H26F2N4O4S2/c1-5-33-24(15(2)37-20-12-11-18(28)13-19(20)29)31-32-27(33)38-14-21(34)30-25-23(26(35)36-4)22(16(3)39-25)17-9-7-6-8-10-17/h6-13,15H,5,14H2,1-4H3,(H,30,34). The number of benzene rings is 2. The van der Waals surface area contributed by atoms with E-state index in [9.17, 15) is 18.4 Å². The molecule has 0 saturated carbocycles. The van der Waals surface area contributed by atoms with Gasteiger partial charge >= 0.3 is 5.97 Å². The van der Waals surface area contributed by atoms with Crippen molar-refractivity contribution in [2.45, 2.75) is 38.6 Å². The molecule has 0 fully saturated rings. The maximum atomic E-state index is 14.0. The van der Waals surface area contributed by atoms with Crippen LogP contribution in [-0.4, -0.2) is 39.5 Å². The Kier molecular flexibility index (Phi) is 8.97. The Labute approximate surface area is 232 Å². The molecule has 8 nitrogen and oxygen atoms in total. The van der Waals surface area contributed by atoms with Crippen LogP contribution < -0.4 is 10.1 Å². The summed E-state index contributed by atoms with van der Waals surface area (Å²) in [5.41, 5.74) is 1.88. The molecule has 0 radical (unpaired) electrons. The number of aryl methyl sites for hydroxylation is 1. The summed E-state index contributed by atoms with van der Waals surface area (Å²) in [7, 11) is 1.30. The van der Waals surface area contributed by atoms with Crippen LogP contribution in [0.1, 0.15) is 41.0 Å². The van der Waals surface area contributed by atoms with Crippen LogP contribution in [0.3, 0.4) is 0 Å². The third-order valence-electron chi connectivity index (χ3n) is 5.74. The minimum Gasteiger partial charge on any atom is -0.480 e. The number of anilines is 1. The van der Waals surface area contributed by atoms with Crippen LogP contribution in [0.5, 0.6) is 5.75 Å². The molecular weight excluding hydrogens is 546 g/mol. The molecule has 4 rings (SSSR count). The third kappa shape index (κ3) is 6.28. The second-order valence-corrected chi connectivity index (χ2v) is 10.5. The van der Waals surface area contributed by atoms with E-state index in [2.05, 4.69) is 15.5 Å². The minimum atomic E-state index is -0.818. The van der Waals surface area contributed by atoms with Crippen LogP contribution in [0.4, 0.5) is 13.8 Å². The molecule has 1 N–H and O–H groups in total. The number of carbonyl (C=O) groups is 2. The van der Waals surface area contributed by atoms with Gasteiger partial charge in [-0.25, -0.2) is 13.6 Å². The average Bonchev–Trinajstić information content (AvgIpc) is 3.49. The lowest BCUT2D eigenvalue weighted by Gasteiger charge is -2.16. The normalized spacial score (nSPS) is 11.7. The summed E-state index contributed by atoms with van der Waals surface area (Å²) in [5, 5.41) is 12.1. The zero-order valence-corrected chi connectivity index (χ0v) is 23.3. The lowest BCUT2D eigenvalue weighted by Crippen LogP contribution is -2.17. The fourth-order valence-electron chi connectivity index (χ4n) is 3.99. The number of aromatic nitrogens is 3. The monoisotopic (exact) mass is 572 g/mol. The first-order chi connectivity index (χ1) is 18.7. The number of ether oxygens (including phenoxy) is 2. The summed E-state index contributed by atoms with van der Waals surface area (Å²) < 4.78 is 39.7. The van der Waals surface area contributed by atoms with Gasteiger partial charge in [-0.1, -0.05) is 42.1 Å². The number of nitrogens with one attached hydrogen (secondary N) is 1. The molecule has 0 aliphatic rings. The molecule has 0 spiro atoms. The Morgan fingerprint density at radius 1 is 1.15 bits per heavy atom. The molecule has 0 saturated heterocycles. The van der Waals surface area contributed by atoms with Crippen molar-refractivity contribution in [2.75, 3.05) is 18.2 Å². The molecule has 1 amide bonds. The highest BCUT2D eigenvalue weighted by molar-refractivity contribution is 7.99. The molecule has 0 aliphatic carbocycles. The Balaban J connectivity index is 1.48. The Bertz CT molecular complexity index is 1490. The van der Waals surface area contributed by atoms with Crippen molar-refractivity contribution >= 4 is 40.0 Å². The Morgan fingerprint density at radius 2 is 1.90 bits per heavy atom. The highest BCUT2D eigenvalue weighted by atomic mass is 32.2. The fourth-order valence-corrected chi connectivity index (χ4v) is 5.88. The number of hydrogen-bond donors (Lipinski definition) is 1. The summed E-state index contributed by atoms with van der Waals surface area (Å²) >= 11 is 2.46. The maximum Gasteiger partial charge on any atom is 0.341 e. The zero-order valence-electron chi connectivity index (χ0n) is 21.7. The van der Waals surface area contributed by atoms with E-state index in [1.165, 1.54) is 24.5 Å². The first-order valence-electron chi connectivity index (χ1n) is 12.0. The topological polar surface area (TPSA) is 95.3 Å². The van der Waals surface area contributed by atoms with Gasteiger partial charge in [0.25, 0.3) is 0 Å². The van der Waals surface area contributed by atoms with Gasteiger partial charge in [-0.3, -0.25) is 4.79 Å². The molecule has 2 aromatic heterocycles. The second kappa shape index (κ2) is 12.4. The largest absolute Gasteiger partial charge is 0.480 e. The van der Waals surface area contributed by atoms with E-state index in [1.807, 2.05) is 44.2 Å². The summed E-state index contributed by atoms with van der Waals surface area (Å²) in [5.74, 6) is -2.07. The van der Waals surface area contributed by atoms with Gasteiger partial charge in [0.1, 0.15) is 16.4 Å². The summed E-state index contributed by atoms with van der Waals surface area (Å²) in [6.07, 6.45) is -0.686. The van der Waals surface area contributed by atoms with Crippen molar-refractivity contribution in [3.63, 3.8) is 0 Å². The molecule has 2 heterocycles. The molecule has 0 bridgehead atoms. The van der Waals surface area contributed by atoms with Crippen LogP contribution >= 0.6 is 23.1 Å². The number of amides is 1. The van der Waals surface area contributed by atoms with Crippen molar-refractivity contribution in [1.82, 2.24) is 14.8 Å². The number of esters is 1. The molecule has 204 valence electrons. The number of rotatable bonds is 10.